The third-order valence-electron chi connectivity index (χ3n) is 4.83. The number of carbonyl (C=O) groups is 2. The molecule has 1 aliphatic carbocycles. The highest BCUT2D eigenvalue weighted by molar-refractivity contribution is 6.08. The van der Waals surface area contributed by atoms with Gasteiger partial charge in [0.15, 0.2) is 5.65 Å². The van der Waals surface area contributed by atoms with Crippen molar-refractivity contribution in [3.8, 4) is 0 Å². The summed E-state index contributed by atoms with van der Waals surface area (Å²) in [7, 11) is 1.31. The first-order valence-corrected chi connectivity index (χ1v) is 9.27. The summed E-state index contributed by atoms with van der Waals surface area (Å²) >= 11 is 0. The molecular weight excluding hydrogens is 344 g/mol. The molecule has 7 nitrogen and oxygen atoms in total. The second-order valence-electron chi connectivity index (χ2n) is 8.81. The quantitative estimate of drug-likeness (QED) is 0.834. The lowest BCUT2D eigenvalue weighted by Crippen LogP contribution is -2.50. The van der Waals surface area contributed by atoms with Gasteiger partial charge in [-0.1, -0.05) is 0 Å². The van der Waals surface area contributed by atoms with Crippen molar-refractivity contribution in [3.05, 3.63) is 23.0 Å². The molecule has 0 atom stereocenters. The van der Waals surface area contributed by atoms with Gasteiger partial charge in [-0.05, 0) is 60.5 Å². The summed E-state index contributed by atoms with van der Waals surface area (Å²) in [5, 5.41) is 8.18. The third kappa shape index (κ3) is 3.55. The van der Waals surface area contributed by atoms with Crippen molar-refractivity contribution in [2.24, 2.45) is 0 Å². The van der Waals surface area contributed by atoms with E-state index in [0.29, 0.717) is 17.1 Å². The van der Waals surface area contributed by atoms with Crippen LogP contribution < -0.4 is 5.32 Å². The van der Waals surface area contributed by atoms with Gasteiger partial charge in [0, 0.05) is 11.6 Å². The summed E-state index contributed by atoms with van der Waals surface area (Å²) in [5.41, 5.74) is 1.48. The van der Waals surface area contributed by atoms with Crippen LogP contribution in [-0.2, 0) is 15.1 Å². The van der Waals surface area contributed by atoms with E-state index in [1.165, 1.54) is 7.11 Å². The fourth-order valence-electron chi connectivity index (χ4n) is 3.20. The second-order valence-corrected chi connectivity index (χ2v) is 8.81. The average molecular weight is 372 g/mol. The molecule has 0 unspecified atom stereocenters. The molecule has 27 heavy (non-hydrogen) atoms. The molecule has 7 heteroatoms. The Morgan fingerprint density at radius 3 is 2.37 bits per heavy atom. The smallest absolute Gasteiger partial charge is 0.330 e. The van der Waals surface area contributed by atoms with Crippen molar-refractivity contribution in [2.45, 2.75) is 71.4 Å². The van der Waals surface area contributed by atoms with E-state index in [1.54, 1.807) is 13.8 Å². The van der Waals surface area contributed by atoms with Crippen LogP contribution in [0.4, 0.5) is 0 Å². The first-order valence-electron chi connectivity index (χ1n) is 9.27. The van der Waals surface area contributed by atoms with Crippen LogP contribution >= 0.6 is 0 Å². The maximum atomic E-state index is 13.1. The number of hydrogen-bond donors (Lipinski definition) is 1. The van der Waals surface area contributed by atoms with Crippen molar-refractivity contribution in [3.63, 3.8) is 0 Å². The van der Waals surface area contributed by atoms with E-state index in [1.807, 2.05) is 17.7 Å². The molecule has 3 rings (SSSR count). The van der Waals surface area contributed by atoms with Crippen molar-refractivity contribution in [2.75, 3.05) is 7.11 Å². The van der Waals surface area contributed by atoms with E-state index < -0.39 is 11.5 Å². The number of hydrogen-bond acceptors (Lipinski definition) is 5. The fourth-order valence-corrected chi connectivity index (χ4v) is 3.20. The number of esters is 1. The molecule has 0 saturated heterocycles. The minimum Gasteiger partial charge on any atom is -0.467 e. The number of amides is 1. The Labute approximate surface area is 159 Å². The Kier molecular flexibility index (Phi) is 4.52. The maximum Gasteiger partial charge on any atom is 0.330 e. The Morgan fingerprint density at radius 2 is 1.85 bits per heavy atom. The first-order chi connectivity index (χ1) is 12.5. The minimum absolute atomic E-state index is 0.263. The predicted molar refractivity (Wildman–Crippen MR) is 103 cm³/mol. The van der Waals surface area contributed by atoms with Crippen molar-refractivity contribution < 1.29 is 14.3 Å². The van der Waals surface area contributed by atoms with E-state index in [9.17, 15) is 9.59 Å². The van der Waals surface area contributed by atoms with Gasteiger partial charge in [-0.25, -0.2) is 14.5 Å². The standard InChI is InChI=1S/C20H28N4O3/c1-11-15-13(17(25)22-20(5,6)18(26)27-7)10-14(12-8-9-12)21-16(15)24(23-11)19(2,3)4/h10,12H,8-9H2,1-7H3,(H,22,25). The molecule has 1 saturated carbocycles. The molecule has 2 aromatic heterocycles. The molecule has 1 amide bonds. The van der Waals surface area contributed by atoms with Crippen molar-refractivity contribution >= 4 is 22.9 Å². The van der Waals surface area contributed by atoms with Gasteiger partial charge in [0.2, 0.25) is 0 Å². The van der Waals surface area contributed by atoms with Gasteiger partial charge in [0.1, 0.15) is 5.54 Å². The van der Waals surface area contributed by atoms with Gasteiger partial charge >= 0.3 is 5.97 Å². The number of rotatable bonds is 4. The van der Waals surface area contributed by atoms with Gasteiger partial charge in [-0.15, -0.1) is 0 Å². The summed E-state index contributed by atoms with van der Waals surface area (Å²) < 4.78 is 6.68. The monoisotopic (exact) mass is 372 g/mol. The average Bonchev–Trinajstić information content (AvgIpc) is 3.36. The second kappa shape index (κ2) is 6.32. The normalized spacial score (nSPS) is 15.1. The number of aromatic nitrogens is 3. The number of carbonyl (C=O) groups excluding carboxylic acids is 2. The fraction of sp³-hybridized carbons (Fsp3) is 0.600. The van der Waals surface area contributed by atoms with Crippen LogP contribution in [0.3, 0.4) is 0 Å². The maximum absolute atomic E-state index is 13.1. The lowest BCUT2D eigenvalue weighted by atomic mass is 10.0. The highest BCUT2D eigenvalue weighted by Crippen LogP contribution is 2.41. The van der Waals surface area contributed by atoms with Crippen LogP contribution in [0.1, 0.15) is 75.1 Å². The van der Waals surface area contributed by atoms with Crippen LogP contribution in [0.15, 0.2) is 6.07 Å². The first kappa shape index (κ1) is 19.3. The van der Waals surface area contributed by atoms with Crippen molar-refractivity contribution in [1.82, 2.24) is 20.1 Å². The SMILES string of the molecule is COC(=O)C(C)(C)NC(=O)c1cc(C2CC2)nc2c1c(C)nn2C(C)(C)C. The van der Waals surface area contributed by atoms with E-state index in [2.05, 4.69) is 31.2 Å². The Bertz CT molecular complexity index is 917. The Morgan fingerprint density at radius 1 is 1.22 bits per heavy atom. The van der Waals surface area contributed by atoms with Gasteiger partial charge in [0.25, 0.3) is 5.91 Å². The summed E-state index contributed by atoms with van der Waals surface area (Å²) in [6.45, 7) is 11.3. The summed E-state index contributed by atoms with van der Waals surface area (Å²) in [6, 6.07) is 1.85. The zero-order valence-electron chi connectivity index (χ0n) is 17.1. The lowest BCUT2D eigenvalue weighted by Gasteiger charge is -2.23. The Hall–Kier alpha value is -2.44. The molecule has 0 bridgehead atoms. The molecule has 0 radical (unpaired) electrons. The molecule has 1 fully saturated rings. The molecule has 1 N–H and O–H groups in total. The molecule has 2 heterocycles. The molecule has 146 valence electrons. The van der Waals surface area contributed by atoms with Crippen LogP contribution in [0.2, 0.25) is 0 Å². The van der Waals surface area contributed by atoms with Gasteiger partial charge in [-0.2, -0.15) is 5.10 Å². The van der Waals surface area contributed by atoms with E-state index >= 15 is 0 Å². The number of nitrogens with zero attached hydrogens (tertiary/aromatic N) is 3. The molecule has 1 aliphatic rings. The topological polar surface area (TPSA) is 86.1 Å². The van der Waals surface area contributed by atoms with E-state index in [4.69, 9.17) is 9.72 Å². The van der Waals surface area contributed by atoms with E-state index in [0.717, 1.165) is 29.6 Å². The molecule has 0 aromatic carbocycles. The molecule has 0 spiro atoms. The number of pyridine rings is 1. The van der Waals surface area contributed by atoms with Crippen molar-refractivity contribution in [1.29, 1.82) is 0 Å². The molecule has 0 aliphatic heterocycles. The zero-order valence-corrected chi connectivity index (χ0v) is 17.1. The Balaban J connectivity index is 2.15. The molecular formula is C20H28N4O3. The van der Waals surface area contributed by atoms with Gasteiger partial charge in [0.05, 0.1) is 29.3 Å². The number of aryl methyl sites for hydroxylation is 1. The number of nitrogens with one attached hydrogen (secondary N) is 1. The van der Waals surface area contributed by atoms with Crippen LogP contribution in [0.25, 0.3) is 11.0 Å². The zero-order chi connectivity index (χ0) is 20.1. The van der Waals surface area contributed by atoms with Gasteiger partial charge < -0.3 is 10.1 Å². The summed E-state index contributed by atoms with van der Waals surface area (Å²) in [5.74, 6) is -0.430. The summed E-state index contributed by atoms with van der Waals surface area (Å²) in [4.78, 5) is 29.9. The number of methoxy groups -OCH3 is 1. The predicted octanol–water partition coefficient (Wildman–Crippen LogP) is 3.05. The van der Waals surface area contributed by atoms with Crippen LogP contribution in [0, 0.1) is 6.92 Å². The van der Waals surface area contributed by atoms with Gasteiger partial charge in [-0.3, -0.25) is 4.79 Å². The van der Waals surface area contributed by atoms with Crippen LogP contribution in [0.5, 0.6) is 0 Å². The molecule has 2 aromatic rings. The number of fused-ring (bicyclic) bond motifs is 1. The third-order valence-corrected chi connectivity index (χ3v) is 4.83. The summed E-state index contributed by atoms with van der Waals surface area (Å²) in [6.07, 6.45) is 2.16. The minimum atomic E-state index is -1.13. The highest BCUT2D eigenvalue weighted by Gasteiger charge is 2.34. The largest absolute Gasteiger partial charge is 0.467 e. The van der Waals surface area contributed by atoms with Crippen LogP contribution in [-0.4, -0.2) is 39.3 Å². The van der Waals surface area contributed by atoms with E-state index in [-0.39, 0.29) is 11.4 Å². The highest BCUT2D eigenvalue weighted by atomic mass is 16.5. The lowest BCUT2D eigenvalue weighted by molar-refractivity contribution is -0.146. The number of ether oxygens (including phenoxy) is 1.